The molecular weight excluding hydrogens is 556 g/mol. The van der Waals surface area contributed by atoms with Crippen molar-refractivity contribution in [3.05, 3.63) is 47.6 Å². The van der Waals surface area contributed by atoms with Gasteiger partial charge in [-0.3, -0.25) is 9.88 Å². The van der Waals surface area contributed by atoms with Gasteiger partial charge in [0.05, 0.1) is 23.3 Å². The van der Waals surface area contributed by atoms with Gasteiger partial charge < -0.3 is 30.0 Å². The summed E-state index contributed by atoms with van der Waals surface area (Å²) < 4.78 is 18.0. The summed E-state index contributed by atoms with van der Waals surface area (Å²) in [6.07, 6.45) is 5.67. The molecular formula is C32H43ClN4O5. The van der Waals surface area contributed by atoms with Crippen molar-refractivity contribution in [3.63, 3.8) is 0 Å². The first-order valence-corrected chi connectivity index (χ1v) is 15.0. The van der Waals surface area contributed by atoms with Crippen LogP contribution in [0.15, 0.2) is 42.6 Å². The topological polar surface area (TPSA) is 105 Å². The quantitative estimate of drug-likeness (QED) is 0.212. The molecule has 1 fully saturated rings. The lowest BCUT2D eigenvalue weighted by Gasteiger charge is -2.31. The number of pyridine rings is 1. The maximum absolute atomic E-state index is 12.3. The second kappa shape index (κ2) is 14.8. The summed E-state index contributed by atoms with van der Waals surface area (Å²) in [6.45, 7) is 10.6. The summed E-state index contributed by atoms with van der Waals surface area (Å²) in [5.74, 6) is 2.96. The van der Waals surface area contributed by atoms with Gasteiger partial charge in [-0.2, -0.15) is 0 Å². The molecule has 0 bridgehead atoms. The fourth-order valence-electron chi connectivity index (χ4n) is 4.96. The minimum Gasteiger partial charge on any atom is -0.493 e. The molecule has 0 radical (unpaired) electrons. The number of aliphatic hydroxyl groups excluding tert-OH is 1. The predicted molar refractivity (Wildman–Crippen MR) is 167 cm³/mol. The molecule has 4 rings (SSSR count). The number of ether oxygens (including phenoxy) is 3. The molecule has 1 aliphatic rings. The number of rotatable bonds is 12. The van der Waals surface area contributed by atoms with Crippen LogP contribution in [0.3, 0.4) is 0 Å². The Morgan fingerprint density at radius 3 is 2.60 bits per heavy atom. The summed E-state index contributed by atoms with van der Waals surface area (Å²) in [5, 5.41) is 16.0. The number of nitrogens with one attached hydrogen (secondary N) is 2. The first-order valence-electron chi connectivity index (χ1n) is 14.6. The van der Waals surface area contributed by atoms with Crippen LogP contribution in [0.25, 0.3) is 10.9 Å². The molecule has 9 nitrogen and oxygen atoms in total. The number of likely N-dealkylation sites (tertiary alicyclic amines) is 1. The Bertz CT molecular complexity index is 1340. The fourth-order valence-corrected chi connectivity index (χ4v) is 5.18. The van der Waals surface area contributed by atoms with E-state index in [0.717, 1.165) is 50.7 Å². The van der Waals surface area contributed by atoms with E-state index in [1.165, 1.54) is 0 Å². The van der Waals surface area contributed by atoms with Gasteiger partial charge >= 0.3 is 6.03 Å². The number of benzene rings is 2. The fraction of sp³-hybridized carbons (Fsp3) is 0.500. The summed E-state index contributed by atoms with van der Waals surface area (Å²) in [7, 11) is 1.61. The van der Waals surface area contributed by atoms with Crippen molar-refractivity contribution < 1.29 is 24.1 Å². The average Bonchev–Trinajstić information content (AvgIpc) is 2.95. The molecule has 0 spiro atoms. The van der Waals surface area contributed by atoms with Gasteiger partial charge in [-0.25, -0.2) is 4.79 Å². The second-order valence-electron chi connectivity index (χ2n) is 11.9. The number of methoxy groups -OCH3 is 1. The highest BCUT2D eigenvalue weighted by molar-refractivity contribution is 6.33. The molecule has 0 unspecified atom stereocenters. The summed E-state index contributed by atoms with van der Waals surface area (Å²) in [4.78, 5) is 19.2. The molecule has 0 saturated carbocycles. The Kier molecular flexibility index (Phi) is 11.1. The van der Waals surface area contributed by atoms with E-state index >= 15 is 0 Å². The predicted octanol–water partition coefficient (Wildman–Crippen LogP) is 6.72. The number of fused-ring (bicyclic) bond motifs is 1. The number of anilines is 1. The van der Waals surface area contributed by atoms with Crippen molar-refractivity contribution in [2.24, 2.45) is 11.3 Å². The van der Waals surface area contributed by atoms with Crippen molar-refractivity contribution in [3.8, 4) is 23.0 Å². The van der Waals surface area contributed by atoms with Crippen molar-refractivity contribution >= 4 is 34.2 Å². The van der Waals surface area contributed by atoms with Crippen LogP contribution in [-0.2, 0) is 0 Å². The number of halogens is 1. The standard InChI is InChI=1S/C32H43ClN4O5/c1-32(2,3)11-13-35-31(39)36-26-6-5-23(19-25(26)33)42-28-7-12-34-27-21-30(29(40-4)20-24(27)28)41-18-16-37-14-8-22(9-15-37)10-17-38/h5-7,12,19-22,38H,8-11,13-18H2,1-4H3,(H2,35,36,39). The van der Waals surface area contributed by atoms with Gasteiger partial charge in [0, 0.05) is 43.4 Å². The molecule has 228 valence electrons. The zero-order chi connectivity index (χ0) is 30.1. The van der Waals surface area contributed by atoms with Crippen LogP contribution in [0.1, 0.15) is 46.5 Å². The number of aliphatic hydroxyl groups is 1. The van der Waals surface area contributed by atoms with E-state index in [0.29, 0.717) is 58.3 Å². The number of amides is 2. The van der Waals surface area contributed by atoms with Gasteiger partial charge in [0.2, 0.25) is 0 Å². The highest BCUT2D eigenvalue weighted by Crippen LogP contribution is 2.38. The van der Waals surface area contributed by atoms with E-state index in [-0.39, 0.29) is 18.1 Å². The average molecular weight is 599 g/mol. The Morgan fingerprint density at radius 2 is 1.90 bits per heavy atom. The third kappa shape index (κ3) is 9.11. The SMILES string of the molecule is COc1cc2c(Oc3ccc(NC(=O)NCCC(C)(C)C)c(Cl)c3)ccnc2cc1OCCN1CCC(CCO)CC1. The number of hydrogen-bond donors (Lipinski definition) is 3. The highest BCUT2D eigenvalue weighted by atomic mass is 35.5. The zero-order valence-corrected chi connectivity index (χ0v) is 25.8. The number of nitrogens with zero attached hydrogens (tertiary/aromatic N) is 2. The smallest absolute Gasteiger partial charge is 0.319 e. The van der Waals surface area contributed by atoms with E-state index in [1.807, 2.05) is 12.1 Å². The van der Waals surface area contributed by atoms with Gasteiger partial charge in [0.15, 0.2) is 11.5 Å². The van der Waals surface area contributed by atoms with Crippen LogP contribution < -0.4 is 24.8 Å². The van der Waals surface area contributed by atoms with Crippen LogP contribution in [0.4, 0.5) is 10.5 Å². The molecule has 2 heterocycles. The Balaban J connectivity index is 1.38. The van der Waals surface area contributed by atoms with Crippen LogP contribution >= 0.6 is 11.6 Å². The van der Waals surface area contributed by atoms with Crippen molar-refractivity contribution in [1.82, 2.24) is 15.2 Å². The summed E-state index contributed by atoms with van der Waals surface area (Å²) in [6, 6.07) is 10.4. The van der Waals surface area contributed by atoms with Gasteiger partial charge in [0.25, 0.3) is 0 Å². The maximum atomic E-state index is 12.3. The van der Waals surface area contributed by atoms with Crippen molar-refractivity contribution in [2.45, 2.75) is 46.5 Å². The molecule has 1 saturated heterocycles. The lowest BCUT2D eigenvalue weighted by molar-refractivity contribution is 0.138. The van der Waals surface area contributed by atoms with Crippen molar-refractivity contribution in [1.29, 1.82) is 0 Å². The molecule has 3 N–H and O–H groups in total. The lowest BCUT2D eigenvalue weighted by atomic mass is 9.92. The molecule has 3 aromatic rings. The van der Waals surface area contributed by atoms with E-state index in [9.17, 15) is 9.90 Å². The minimum absolute atomic E-state index is 0.138. The lowest BCUT2D eigenvalue weighted by Crippen LogP contribution is -2.36. The van der Waals surface area contributed by atoms with E-state index in [4.69, 9.17) is 25.8 Å². The highest BCUT2D eigenvalue weighted by Gasteiger charge is 2.19. The van der Waals surface area contributed by atoms with Gasteiger partial charge in [0.1, 0.15) is 18.1 Å². The van der Waals surface area contributed by atoms with Crippen LogP contribution in [0.5, 0.6) is 23.0 Å². The van der Waals surface area contributed by atoms with Crippen LogP contribution in [0, 0.1) is 11.3 Å². The monoisotopic (exact) mass is 598 g/mol. The Hall–Kier alpha value is -3.27. The third-order valence-electron chi connectivity index (χ3n) is 7.47. The van der Waals surface area contributed by atoms with E-state index < -0.39 is 0 Å². The van der Waals surface area contributed by atoms with Gasteiger partial charge in [-0.15, -0.1) is 0 Å². The third-order valence-corrected chi connectivity index (χ3v) is 7.79. The van der Waals surface area contributed by atoms with Crippen LogP contribution in [0.2, 0.25) is 5.02 Å². The number of carbonyl (C=O) groups is 1. The molecule has 0 aliphatic carbocycles. The first-order chi connectivity index (χ1) is 20.1. The number of piperidine rings is 1. The van der Waals surface area contributed by atoms with Crippen LogP contribution in [-0.4, -0.2) is 67.5 Å². The number of aromatic nitrogens is 1. The number of urea groups is 1. The molecule has 1 aromatic heterocycles. The van der Waals surface area contributed by atoms with Crippen molar-refractivity contribution in [2.75, 3.05) is 51.8 Å². The molecule has 2 aromatic carbocycles. The Morgan fingerprint density at radius 1 is 1.12 bits per heavy atom. The largest absolute Gasteiger partial charge is 0.493 e. The van der Waals surface area contributed by atoms with Gasteiger partial charge in [-0.1, -0.05) is 32.4 Å². The van der Waals surface area contributed by atoms with E-state index in [1.54, 1.807) is 37.6 Å². The zero-order valence-electron chi connectivity index (χ0n) is 25.0. The first kappa shape index (κ1) is 31.7. The second-order valence-corrected chi connectivity index (χ2v) is 12.3. The Labute approximate surface area is 253 Å². The molecule has 42 heavy (non-hydrogen) atoms. The van der Waals surface area contributed by atoms with E-state index in [2.05, 4.69) is 41.3 Å². The number of carbonyl (C=O) groups excluding carboxylic acids is 1. The van der Waals surface area contributed by atoms with Gasteiger partial charge in [-0.05, 0) is 74.4 Å². The molecule has 1 aliphatic heterocycles. The molecule has 10 heteroatoms. The molecule has 0 atom stereocenters. The normalized spacial score (nSPS) is 14.5. The maximum Gasteiger partial charge on any atom is 0.319 e. The molecule has 2 amide bonds. The summed E-state index contributed by atoms with van der Waals surface area (Å²) in [5.41, 5.74) is 1.35. The minimum atomic E-state index is -0.303. The number of hydrogen-bond acceptors (Lipinski definition) is 7. The summed E-state index contributed by atoms with van der Waals surface area (Å²) >= 11 is 6.47.